The maximum Gasteiger partial charge on any atom is 0.272 e. The van der Waals surface area contributed by atoms with Gasteiger partial charge in [-0.05, 0) is 107 Å². The maximum atomic E-state index is 13.8. The number of carbonyl (C=O) groups excluding carboxylic acids is 1. The summed E-state index contributed by atoms with van der Waals surface area (Å²) in [5.41, 5.74) is 2.93. The molecule has 0 radical (unpaired) electrons. The second-order valence-electron chi connectivity index (χ2n) is 10.1. The zero-order valence-electron chi connectivity index (χ0n) is 20.1. The van der Waals surface area contributed by atoms with Crippen molar-refractivity contribution in [2.75, 3.05) is 29.9 Å². The highest BCUT2D eigenvalue weighted by atomic mass is 32.1. The molecule has 1 amide bonds. The first-order chi connectivity index (χ1) is 16.9. The third kappa shape index (κ3) is 3.29. The molecule has 1 saturated carbocycles. The second kappa shape index (κ2) is 8.14. The standard InChI is InChI=1S/C27H28N6OS/c1-18-15-22(17-29-24(18)28-2)32-25(34)27(10-4-11-27)33(26(32)35)21-5-6-23-19(16-21)7-14-31(23)20-8-12-30(3)13-9-20/h5-7,14-17,20H,4,8-13H2,1,3H3. The molecule has 0 N–H and O–H groups in total. The number of benzene rings is 1. The van der Waals surface area contributed by atoms with Gasteiger partial charge in [-0.3, -0.25) is 9.69 Å². The number of aryl methyl sites for hydroxylation is 1. The molecule has 1 spiro atoms. The molecular formula is C27H28N6OS. The topological polar surface area (TPSA) is 49.0 Å². The highest BCUT2D eigenvalue weighted by Gasteiger charge is 2.59. The molecule has 3 fully saturated rings. The average Bonchev–Trinajstić information content (AvgIpc) is 3.35. The van der Waals surface area contributed by atoms with Crippen LogP contribution in [0.5, 0.6) is 0 Å². The molecule has 4 heterocycles. The van der Waals surface area contributed by atoms with Crippen LogP contribution in [-0.2, 0) is 4.79 Å². The van der Waals surface area contributed by atoms with Gasteiger partial charge in [-0.25, -0.2) is 0 Å². The van der Waals surface area contributed by atoms with Gasteiger partial charge in [0.15, 0.2) is 5.11 Å². The normalized spacial score (nSPS) is 20.6. The maximum absolute atomic E-state index is 13.8. The number of hydrogen-bond donors (Lipinski definition) is 0. The lowest BCUT2D eigenvalue weighted by molar-refractivity contribution is -0.123. The van der Waals surface area contributed by atoms with Gasteiger partial charge in [0.1, 0.15) is 11.7 Å². The zero-order valence-corrected chi connectivity index (χ0v) is 20.9. The van der Waals surface area contributed by atoms with E-state index in [2.05, 4.69) is 61.7 Å². The van der Waals surface area contributed by atoms with E-state index in [1.54, 1.807) is 11.1 Å². The molecule has 8 heteroatoms. The molecule has 7 nitrogen and oxygen atoms in total. The van der Waals surface area contributed by atoms with Crippen LogP contribution in [0.2, 0.25) is 0 Å². The Balaban J connectivity index is 1.37. The van der Waals surface area contributed by atoms with E-state index in [1.165, 1.54) is 10.9 Å². The predicted molar refractivity (Wildman–Crippen MR) is 142 cm³/mol. The van der Waals surface area contributed by atoms with Gasteiger partial charge >= 0.3 is 0 Å². The lowest BCUT2D eigenvalue weighted by Crippen LogP contribution is -2.55. The molecule has 3 aliphatic rings. The van der Waals surface area contributed by atoms with E-state index < -0.39 is 5.54 Å². The van der Waals surface area contributed by atoms with E-state index >= 15 is 0 Å². The number of rotatable bonds is 3. The number of piperidine rings is 1. The minimum Gasteiger partial charge on any atom is -0.360 e. The molecule has 178 valence electrons. The number of carbonyl (C=O) groups is 1. The number of pyridine rings is 1. The SMILES string of the molecule is [C-]#[N+]c1ncc(N2C(=O)C3(CCC3)N(c3ccc4c(ccn4C4CCN(C)CC4)c3)C2=S)cc1C. The molecule has 1 aliphatic carbocycles. The van der Waals surface area contributed by atoms with Gasteiger partial charge in [0.2, 0.25) is 0 Å². The predicted octanol–water partition coefficient (Wildman–Crippen LogP) is 5.22. The van der Waals surface area contributed by atoms with Crippen molar-refractivity contribution in [2.45, 2.75) is 50.6 Å². The minimum absolute atomic E-state index is 0.00880. The minimum atomic E-state index is -0.631. The first kappa shape index (κ1) is 22.2. The van der Waals surface area contributed by atoms with Crippen LogP contribution in [0.15, 0.2) is 42.7 Å². The summed E-state index contributed by atoms with van der Waals surface area (Å²) >= 11 is 5.93. The highest BCUT2D eigenvalue weighted by molar-refractivity contribution is 7.81. The zero-order chi connectivity index (χ0) is 24.3. The van der Waals surface area contributed by atoms with Crippen LogP contribution in [0.1, 0.15) is 43.7 Å². The Morgan fingerprint density at radius 2 is 1.91 bits per heavy atom. The monoisotopic (exact) mass is 484 g/mol. The third-order valence-electron chi connectivity index (χ3n) is 8.04. The Bertz CT molecular complexity index is 1390. The molecule has 0 unspecified atom stereocenters. The van der Waals surface area contributed by atoms with Crippen molar-refractivity contribution >= 4 is 51.3 Å². The average molecular weight is 485 g/mol. The number of thiocarbonyl (C=S) groups is 1. The lowest BCUT2D eigenvalue weighted by Gasteiger charge is -2.43. The van der Waals surface area contributed by atoms with Crippen LogP contribution < -0.4 is 9.80 Å². The summed E-state index contributed by atoms with van der Waals surface area (Å²) in [6.45, 7) is 11.4. The summed E-state index contributed by atoms with van der Waals surface area (Å²) in [7, 11) is 2.19. The summed E-state index contributed by atoms with van der Waals surface area (Å²) in [5.74, 6) is 0.357. The largest absolute Gasteiger partial charge is 0.360 e. The molecule has 2 saturated heterocycles. The summed E-state index contributed by atoms with van der Waals surface area (Å²) in [5, 5.41) is 1.66. The van der Waals surface area contributed by atoms with Crippen molar-refractivity contribution in [3.8, 4) is 0 Å². The van der Waals surface area contributed by atoms with Crippen molar-refractivity contribution < 1.29 is 4.79 Å². The number of likely N-dealkylation sites (tertiary alicyclic amines) is 1. The quantitative estimate of drug-likeness (QED) is 0.377. The van der Waals surface area contributed by atoms with E-state index in [0.717, 1.165) is 56.4 Å². The van der Waals surface area contributed by atoms with Crippen LogP contribution >= 0.6 is 12.2 Å². The number of anilines is 2. The summed E-state index contributed by atoms with van der Waals surface area (Å²) in [6.07, 6.45) is 8.67. The van der Waals surface area contributed by atoms with Gasteiger partial charge in [0, 0.05) is 28.8 Å². The van der Waals surface area contributed by atoms with Crippen molar-refractivity contribution in [1.29, 1.82) is 0 Å². The van der Waals surface area contributed by atoms with Gasteiger partial charge in [-0.1, -0.05) is 6.57 Å². The Kier molecular flexibility index (Phi) is 5.17. The van der Waals surface area contributed by atoms with Crippen LogP contribution in [0.3, 0.4) is 0 Å². The fraction of sp³-hybridized carbons (Fsp3) is 0.407. The van der Waals surface area contributed by atoms with Gasteiger partial charge in [-0.15, -0.1) is 4.98 Å². The van der Waals surface area contributed by atoms with Crippen molar-refractivity contribution in [3.63, 3.8) is 0 Å². The van der Waals surface area contributed by atoms with Crippen molar-refractivity contribution in [2.24, 2.45) is 0 Å². The van der Waals surface area contributed by atoms with Crippen molar-refractivity contribution in [1.82, 2.24) is 14.5 Å². The number of nitrogens with zero attached hydrogens (tertiary/aromatic N) is 6. The Hall–Kier alpha value is -3.28. The molecule has 1 aromatic carbocycles. The third-order valence-corrected chi connectivity index (χ3v) is 8.40. The summed E-state index contributed by atoms with van der Waals surface area (Å²) < 4.78 is 2.42. The Morgan fingerprint density at radius 3 is 2.57 bits per heavy atom. The lowest BCUT2D eigenvalue weighted by atomic mass is 9.75. The second-order valence-corrected chi connectivity index (χ2v) is 10.5. The smallest absolute Gasteiger partial charge is 0.272 e. The number of hydrogen-bond acceptors (Lipinski definition) is 4. The molecule has 3 aromatic rings. The first-order valence-corrected chi connectivity index (χ1v) is 12.7. The van der Waals surface area contributed by atoms with E-state index in [1.807, 2.05) is 13.0 Å². The Morgan fingerprint density at radius 1 is 1.14 bits per heavy atom. The van der Waals surface area contributed by atoms with Crippen molar-refractivity contribution in [3.05, 3.63) is 59.7 Å². The molecule has 6 rings (SSSR count). The molecule has 0 bridgehead atoms. The fourth-order valence-corrected chi connectivity index (χ4v) is 6.35. The first-order valence-electron chi connectivity index (χ1n) is 12.2. The summed E-state index contributed by atoms with van der Waals surface area (Å²) in [6, 6.07) is 11.0. The van der Waals surface area contributed by atoms with Gasteiger partial charge < -0.3 is 19.2 Å². The molecule has 35 heavy (non-hydrogen) atoms. The summed E-state index contributed by atoms with van der Waals surface area (Å²) in [4.78, 5) is 27.6. The molecule has 2 aliphatic heterocycles. The number of amides is 1. The molecule has 0 atom stereocenters. The van der Waals surface area contributed by atoms with E-state index in [4.69, 9.17) is 18.8 Å². The highest BCUT2D eigenvalue weighted by Crippen LogP contribution is 2.48. The van der Waals surface area contributed by atoms with Crippen LogP contribution in [0.25, 0.3) is 15.7 Å². The van der Waals surface area contributed by atoms with Gasteiger partial charge in [0.25, 0.3) is 11.7 Å². The Labute approximate surface area is 210 Å². The number of aromatic nitrogens is 2. The fourth-order valence-electron chi connectivity index (χ4n) is 5.88. The molecular weight excluding hydrogens is 456 g/mol. The van der Waals surface area contributed by atoms with Crippen LogP contribution in [-0.4, -0.2) is 51.1 Å². The van der Waals surface area contributed by atoms with E-state index in [0.29, 0.717) is 22.7 Å². The molecule has 2 aromatic heterocycles. The van der Waals surface area contributed by atoms with Crippen LogP contribution in [0.4, 0.5) is 17.2 Å². The van der Waals surface area contributed by atoms with Crippen LogP contribution in [0, 0.1) is 13.5 Å². The van der Waals surface area contributed by atoms with Gasteiger partial charge in [-0.2, -0.15) is 0 Å². The number of fused-ring (bicyclic) bond motifs is 1. The van der Waals surface area contributed by atoms with E-state index in [9.17, 15) is 4.79 Å². The van der Waals surface area contributed by atoms with E-state index in [-0.39, 0.29) is 5.91 Å². The van der Waals surface area contributed by atoms with Gasteiger partial charge in [0.05, 0.1) is 5.69 Å².